The van der Waals surface area contributed by atoms with Gasteiger partial charge in [0.25, 0.3) is 11.1 Å². The predicted octanol–water partition coefficient (Wildman–Crippen LogP) is 4.81. The minimum atomic E-state index is -0.340. The normalized spacial score (nSPS) is 11.1. The van der Waals surface area contributed by atoms with Crippen molar-refractivity contribution in [3.05, 3.63) is 121 Å². The number of H-pyrrole nitrogens is 1. The number of aromatic nitrogens is 4. The summed E-state index contributed by atoms with van der Waals surface area (Å²) in [6.45, 7) is 0.169. The molecular weight excluding hydrogens is 475 g/mol. The van der Waals surface area contributed by atoms with E-state index in [2.05, 4.69) is 10.1 Å². The Hall–Kier alpha value is -3.81. The summed E-state index contributed by atoms with van der Waals surface area (Å²) in [5, 5.41) is 4.33. The van der Waals surface area contributed by atoms with Crippen LogP contribution in [-0.2, 0) is 13.2 Å². The van der Waals surface area contributed by atoms with Gasteiger partial charge in [-0.25, -0.2) is 4.68 Å². The average Bonchev–Trinajstić information content (AvgIpc) is 3.16. The second kappa shape index (κ2) is 9.21. The van der Waals surface area contributed by atoms with Gasteiger partial charge in [-0.05, 0) is 48.5 Å². The van der Waals surface area contributed by atoms with Gasteiger partial charge in [0.2, 0.25) is 0 Å². The zero-order valence-corrected chi connectivity index (χ0v) is 19.3. The maximum Gasteiger partial charge on any atom is 0.281 e. The molecule has 0 saturated carbocycles. The Morgan fingerprint density at radius 3 is 2.44 bits per heavy atom. The Kier molecular flexibility index (Phi) is 5.96. The largest absolute Gasteiger partial charge is 0.487 e. The van der Waals surface area contributed by atoms with Crippen LogP contribution in [0.1, 0.15) is 11.4 Å². The second-order valence-electron chi connectivity index (χ2n) is 7.57. The molecule has 5 aromatic rings. The Balaban J connectivity index is 1.68. The minimum Gasteiger partial charge on any atom is -0.487 e. The fourth-order valence-corrected chi connectivity index (χ4v) is 4.12. The maximum absolute atomic E-state index is 13.5. The number of ether oxygens (including phenoxy) is 1. The van der Waals surface area contributed by atoms with Crippen LogP contribution in [0, 0.1) is 0 Å². The first-order valence-electron chi connectivity index (χ1n) is 10.4. The summed E-state index contributed by atoms with van der Waals surface area (Å²) in [6, 6.07) is 20.7. The molecule has 0 aliphatic carbocycles. The molecule has 9 heteroatoms. The summed E-state index contributed by atoms with van der Waals surface area (Å²) in [5.41, 5.74) is 1.35. The first-order chi connectivity index (χ1) is 16.5. The van der Waals surface area contributed by atoms with Gasteiger partial charge in [0, 0.05) is 17.3 Å². The Labute approximate surface area is 203 Å². The van der Waals surface area contributed by atoms with Crippen molar-refractivity contribution in [1.29, 1.82) is 0 Å². The maximum atomic E-state index is 13.5. The van der Waals surface area contributed by atoms with Gasteiger partial charge in [0.05, 0.1) is 39.5 Å². The molecule has 0 aliphatic heterocycles. The highest BCUT2D eigenvalue weighted by atomic mass is 35.5. The van der Waals surface area contributed by atoms with E-state index in [4.69, 9.17) is 27.9 Å². The fraction of sp³-hybridized carbons (Fsp3) is 0.0800. The van der Waals surface area contributed by atoms with E-state index in [0.717, 1.165) is 0 Å². The van der Waals surface area contributed by atoms with Crippen LogP contribution >= 0.6 is 23.2 Å². The molecule has 2 aromatic carbocycles. The number of fused-ring (bicyclic) bond motifs is 1. The second-order valence-corrected chi connectivity index (χ2v) is 8.42. The van der Waals surface area contributed by atoms with Crippen molar-refractivity contribution in [2.45, 2.75) is 13.2 Å². The molecule has 7 nitrogen and oxygen atoms in total. The summed E-state index contributed by atoms with van der Waals surface area (Å²) in [5.74, 6) is 0.556. The summed E-state index contributed by atoms with van der Waals surface area (Å²) in [7, 11) is 0. The van der Waals surface area contributed by atoms with Crippen molar-refractivity contribution >= 4 is 34.1 Å². The van der Waals surface area contributed by atoms with Crippen LogP contribution in [0.5, 0.6) is 5.75 Å². The number of pyridine rings is 2. The minimum absolute atomic E-state index is 0.0172. The van der Waals surface area contributed by atoms with Crippen molar-refractivity contribution in [2.24, 2.45) is 0 Å². The van der Waals surface area contributed by atoms with E-state index in [-0.39, 0.29) is 24.3 Å². The van der Waals surface area contributed by atoms with Crippen LogP contribution in [-0.4, -0.2) is 19.3 Å². The zero-order valence-electron chi connectivity index (χ0n) is 17.7. The quantitative estimate of drug-likeness (QED) is 0.368. The van der Waals surface area contributed by atoms with Gasteiger partial charge in [-0.3, -0.25) is 19.7 Å². The molecule has 0 spiro atoms. The standard InChI is InChI=1S/C25H18Cl2N4O3/c26-16-8-10-18(11-9-16)34-15-22-24-20(13-23(32)30(22)14-17-5-3-4-12-28-17)29-31(25(24)33)21-7-2-1-6-19(21)27/h1-13,29H,14-15H2. The van der Waals surface area contributed by atoms with Gasteiger partial charge >= 0.3 is 0 Å². The highest BCUT2D eigenvalue weighted by Crippen LogP contribution is 2.22. The van der Waals surface area contributed by atoms with Crippen LogP contribution in [0.25, 0.3) is 16.6 Å². The number of rotatable bonds is 6. The van der Waals surface area contributed by atoms with Crippen molar-refractivity contribution < 1.29 is 4.74 Å². The zero-order chi connectivity index (χ0) is 23.7. The molecule has 0 aliphatic rings. The van der Waals surface area contributed by atoms with E-state index in [0.29, 0.717) is 43.8 Å². The summed E-state index contributed by atoms with van der Waals surface area (Å²) < 4.78 is 8.80. The molecular formula is C25H18Cl2N4O3. The Morgan fingerprint density at radius 2 is 1.71 bits per heavy atom. The molecule has 0 fully saturated rings. The van der Waals surface area contributed by atoms with Gasteiger partial charge < -0.3 is 9.30 Å². The van der Waals surface area contributed by atoms with E-state index >= 15 is 0 Å². The third kappa shape index (κ3) is 4.23. The number of nitrogens with zero attached hydrogens (tertiary/aromatic N) is 3. The van der Waals surface area contributed by atoms with Gasteiger partial charge in [-0.2, -0.15) is 0 Å². The van der Waals surface area contributed by atoms with E-state index in [1.54, 1.807) is 60.8 Å². The molecule has 0 radical (unpaired) electrons. The molecule has 1 N–H and O–H groups in total. The van der Waals surface area contributed by atoms with E-state index < -0.39 is 0 Å². The number of hydrogen-bond donors (Lipinski definition) is 1. The molecule has 3 heterocycles. The molecule has 34 heavy (non-hydrogen) atoms. The van der Waals surface area contributed by atoms with Crippen molar-refractivity contribution in [3.63, 3.8) is 0 Å². The van der Waals surface area contributed by atoms with Crippen molar-refractivity contribution in [1.82, 2.24) is 19.3 Å². The number of halogens is 2. The van der Waals surface area contributed by atoms with Gasteiger partial charge in [-0.1, -0.05) is 41.4 Å². The van der Waals surface area contributed by atoms with E-state index in [1.165, 1.54) is 15.3 Å². The van der Waals surface area contributed by atoms with E-state index in [9.17, 15) is 9.59 Å². The van der Waals surface area contributed by atoms with E-state index in [1.807, 2.05) is 12.1 Å². The van der Waals surface area contributed by atoms with Crippen LogP contribution in [0.15, 0.2) is 88.6 Å². The number of nitrogens with one attached hydrogen (secondary N) is 1. The van der Waals surface area contributed by atoms with Gasteiger partial charge in [0.15, 0.2) is 0 Å². The summed E-state index contributed by atoms with van der Waals surface area (Å²) in [4.78, 5) is 31.0. The smallest absolute Gasteiger partial charge is 0.281 e. The molecule has 0 bridgehead atoms. The highest BCUT2D eigenvalue weighted by molar-refractivity contribution is 6.32. The monoisotopic (exact) mass is 492 g/mol. The third-order valence-electron chi connectivity index (χ3n) is 5.40. The average molecular weight is 493 g/mol. The highest BCUT2D eigenvalue weighted by Gasteiger charge is 2.20. The third-order valence-corrected chi connectivity index (χ3v) is 5.97. The summed E-state index contributed by atoms with van der Waals surface area (Å²) in [6.07, 6.45) is 1.66. The van der Waals surface area contributed by atoms with Crippen LogP contribution in [0.3, 0.4) is 0 Å². The number of benzene rings is 2. The lowest BCUT2D eigenvalue weighted by atomic mass is 10.2. The number of para-hydroxylation sites is 1. The lowest BCUT2D eigenvalue weighted by Crippen LogP contribution is -2.26. The SMILES string of the molecule is O=c1c2c(COc3ccc(Cl)cc3)n(Cc3ccccn3)c(=O)cc2[nH]n1-c1ccccc1Cl. The first kappa shape index (κ1) is 22.0. The topological polar surface area (TPSA) is 81.9 Å². The number of aromatic amines is 1. The first-order valence-corrected chi connectivity index (χ1v) is 11.2. The van der Waals surface area contributed by atoms with Crippen LogP contribution < -0.4 is 15.9 Å². The Bertz CT molecular complexity index is 1590. The molecule has 0 amide bonds. The molecule has 3 aromatic heterocycles. The molecule has 0 atom stereocenters. The van der Waals surface area contributed by atoms with Gasteiger partial charge in [-0.15, -0.1) is 0 Å². The molecule has 170 valence electrons. The fourth-order valence-electron chi connectivity index (χ4n) is 3.77. The Morgan fingerprint density at radius 1 is 0.941 bits per heavy atom. The van der Waals surface area contributed by atoms with Crippen molar-refractivity contribution in [3.8, 4) is 11.4 Å². The lowest BCUT2D eigenvalue weighted by molar-refractivity contribution is 0.295. The van der Waals surface area contributed by atoms with Crippen LogP contribution in [0.4, 0.5) is 0 Å². The van der Waals surface area contributed by atoms with Crippen LogP contribution in [0.2, 0.25) is 10.0 Å². The lowest BCUT2D eigenvalue weighted by Gasteiger charge is -2.14. The van der Waals surface area contributed by atoms with Gasteiger partial charge in [0.1, 0.15) is 12.4 Å². The van der Waals surface area contributed by atoms with Crippen molar-refractivity contribution in [2.75, 3.05) is 0 Å². The predicted molar refractivity (Wildman–Crippen MR) is 132 cm³/mol. The number of hydrogen-bond acceptors (Lipinski definition) is 4. The molecule has 5 rings (SSSR count). The summed E-state index contributed by atoms with van der Waals surface area (Å²) >= 11 is 12.3. The molecule has 0 unspecified atom stereocenters. The molecule has 0 saturated heterocycles.